The summed E-state index contributed by atoms with van der Waals surface area (Å²) in [5, 5.41) is 19.7. The van der Waals surface area contributed by atoms with Gasteiger partial charge in [0.1, 0.15) is 0 Å². The van der Waals surface area contributed by atoms with Crippen LogP contribution in [0.1, 0.15) is 24.2 Å². The van der Waals surface area contributed by atoms with Crippen molar-refractivity contribution >= 4 is 16.8 Å². The first kappa shape index (κ1) is 12.6. The fourth-order valence-corrected chi connectivity index (χ4v) is 1.76. The summed E-state index contributed by atoms with van der Waals surface area (Å²) < 4.78 is 0. The molecular weight excluding hydrogens is 230 g/mol. The Morgan fingerprint density at radius 1 is 1.50 bits per heavy atom. The largest absolute Gasteiger partial charge is 0.394 e. The molecule has 1 aromatic carbocycles. The van der Waals surface area contributed by atoms with E-state index in [1.165, 1.54) is 0 Å². The molecule has 0 saturated heterocycles. The van der Waals surface area contributed by atoms with Crippen molar-refractivity contribution in [2.75, 3.05) is 6.61 Å². The molecule has 18 heavy (non-hydrogen) atoms. The number of carbonyl (C=O) groups excluding carboxylic acids is 1. The molecule has 96 valence electrons. The van der Waals surface area contributed by atoms with Gasteiger partial charge in [-0.2, -0.15) is 5.10 Å². The first-order valence-corrected chi connectivity index (χ1v) is 5.96. The van der Waals surface area contributed by atoms with Gasteiger partial charge in [-0.3, -0.25) is 9.89 Å². The molecule has 1 aromatic heterocycles. The maximum Gasteiger partial charge on any atom is 0.251 e. The van der Waals surface area contributed by atoms with Gasteiger partial charge in [0.15, 0.2) is 0 Å². The third-order valence-corrected chi connectivity index (χ3v) is 3.02. The number of nitrogens with one attached hydrogen (secondary N) is 2. The second-order valence-electron chi connectivity index (χ2n) is 4.68. The molecule has 1 amide bonds. The molecule has 2 rings (SSSR count). The van der Waals surface area contributed by atoms with Crippen LogP contribution in [0, 0.1) is 5.92 Å². The number of hydrogen-bond acceptors (Lipinski definition) is 3. The molecule has 0 aliphatic rings. The summed E-state index contributed by atoms with van der Waals surface area (Å²) in [5.41, 5.74) is 1.47. The van der Waals surface area contributed by atoms with Gasteiger partial charge in [-0.05, 0) is 24.1 Å². The number of rotatable bonds is 4. The van der Waals surface area contributed by atoms with E-state index < -0.39 is 0 Å². The zero-order chi connectivity index (χ0) is 13.1. The van der Waals surface area contributed by atoms with Crippen LogP contribution >= 0.6 is 0 Å². The Hall–Kier alpha value is -1.88. The van der Waals surface area contributed by atoms with Crippen LogP contribution in [0.2, 0.25) is 0 Å². The Bertz CT molecular complexity index is 548. The zero-order valence-electron chi connectivity index (χ0n) is 10.5. The quantitative estimate of drug-likeness (QED) is 0.762. The van der Waals surface area contributed by atoms with E-state index in [2.05, 4.69) is 15.5 Å². The van der Waals surface area contributed by atoms with Crippen molar-refractivity contribution in [3.63, 3.8) is 0 Å². The molecule has 0 aliphatic carbocycles. The van der Waals surface area contributed by atoms with Gasteiger partial charge in [0.05, 0.1) is 24.4 Å². The van der Waals surface area contributed by atoms with Gasteiger partial charge in [0, 0.05) is 10.9 Å². The van der Waals surface area contributed by atoms with Gasteiger partial charge in [-0.1, -0.05) is 13.8 Å². The summed E-state index contributed by atoms with van der Waals surface area (Å²) in [4.78, 5) is 12.0. The Labute approximate surface area is 105 Å². The van der Waals surface area contributed by atoms with Crippen LogP contribution in [0.15, 0.2) is 24.4 Å². The molecule has 1 atom stereocenters. The second kappa shape index (κ2) is 5.18. The molecule has 0 radical (unpaired) electrons. The predicted octanol–water partition coefficient (Wildman–Crippen LogP) is 1.31. The number of aliphatic hydroxyl groups is 1. The summed E-state index contributed by atoms with van der Waals surface area (Å²) in [6.07, 6.45) is 1.68. The van der Waals surface area contributed by atoms with Crippen LogP contribution < -0.4 is 5.32 Å². The van der Waals surface area contributed by atoms with Crippen molar-refractivity contribution in [3.8, 4) is 0 Å². The normalized spacial score (nSPS) is 12.9. The van der Waals surface area contributed by atoms with Gasteiger partial charge < -0.3 is 10.4 Å². The lowest BCUT2D eigenvalue weighted by Gasteiger charge is -2.19. The average molecular weight is 247 g/mol. The molecule has 2 aromatic rings. The van der Waals surface area contributed by atoms with E-state index in [1.807, 2.05) is 19.9 Å². The van der Waals surface area contributed by atoms with Gasteiger partial charge in [-0.15, -0.1) is 0 Å². The minimum atomic E-state index is -0.224. The molecule has 3 N–H and O–H groups in total. The van der Waals surface area contributed by atoms with Crippen LogP contribution in [-0.2, 0) is 0 Å². The zero-order valence-corrected chi connectivity index (χ0v) is 10.5. The average Bonchev–Trinajstić information content (AvgIpc) is 2.82. The maximum absolute atomic E-state index is 12.0. The van der Waals surface area contributed by atoms with Crippen molar-refractivity contribution in [2.24, 2.45) is 5.92 Å². The van der Waals surface area contributed by atoms with Crippen LogP contribution in [0.3, 0.4) is 0 Å². The Balaban J connectivity index is 2.17. The molecule has 1 heterocycles. The summed E-state index contributed by atoms with van der Waals surface area (Å²) in [5.74, 6) is 0.0162. The standard InChI is InChI=1S/C13H17N3O2/c1-8(2)12(7-17)15-13(18)9-3-4-11-10(5-9)6-14-16-11/h3-6,8,12,17H,7H2,1-2H3,(H,14,16)(H,15,18)/t12-/m1/s1. The number of hydrogen-bond donors (Lipinski definition) is 3. The SMILES string of the molecule is CC(C)[C@@H](CO)NC(=O)c1ccc2[nH]ncc2c1. The molecule has 0 aliphatic heterocycles. The summed E-state index contributed by atoms with van der Waals surface area (Å²) in [7, 11) is 0. The first-order chi connectivity index (χ1) is 8.61. The number of benzene rings is 1. The lowest BCUT2D eigenvalue weighted by Crippen LogP contribution is -2.41. The van der Waals surface area contributed by atoms with E-state index in [4.69, 9.17) is 0 Å². The summed E-state index contributed by atoms with van der Waals surface area (Å²) in [6, 6.07) is 5.12. The summed E-state index contributed by atoms with van der Waals surface area (Å²) >= 11 is 0. The number of amides is 1. The number of aliphatic hydroxyl groups excluding tert-OH is 1. The molecule has 0 spiro atoms. The van der Waals surface area contributed by atoms with Crippen LogP contribution in [0.4, 0.5) is 0 Å². The molecular formula is C13H17N3O2. The number of aromatic amines is 1. The van der Waals surface area contributed by atoms with E-state index in [0.717, 1.165) is 10.9 Å². The molecule has 0 unspecified atom stereocenters. The van der Waals surface area contributed by atoms with Crippen LogP contribution in [0.25, 0.3) is 10.9 Å². The van der Waals surface area contributed by atoms with Gasteiger partial charge in [-0.25, -0.2) is 0 Å². The van der Waals surface area contributed by atoms with Crippen molar-refractivity contribution in [2.45, 2.75) is 19.9 Å². The summed E-state index contributed by atoms with van der Waals surface area (Å²) in [6.45, 7) is 3.86. The minimum absolute atomic E-state index is 0.0582. The van der Waals surface area contributed by atoms with Crippen LogP contribution in [0.5, 0.6) is 0 Å². The Morgan fingerprint density at radius 2 is 2.28 bits per heavy atom. The van der Waals surface area contributed by atoms with Crippen molar-refractivity contribution < 1.29 is 9.90 Å². The Kier molecular flexibility index (Phi) is 3.62. The van der Waals surface area contributed by atoms with Crippen molar-refractivity contribution in [1.82, 2.24) is 15.5 Å². The smallest absolute Gasteiger partial charge is 0.251 e. The van der Waals surface area contributed by atoms with Gasteiger partial charge in [0.2, 0.25) is 0 Å². The lowest BCUT2D eigenvalue weighted by molar-refractivity contribution is 0.0897. The fraction of sp³-hybridized carbons (Fsp3) is 0.385. The number of aromatic nitrogens is 2. The minimum Gasteiger partial charge on any atom is -0.394 e. The highest BCUT2D eigenvalue weighted by molar-refractivity contribution is 5.98. The third kappa shape index (κ3) is 2.51. The monoisotopic (exact) mass is 247 g/mol. The highest BCUT2D eigenvalue weighted by atomic mass is 16.3. The van der Waals surface area contributed by atoms with Gasteiger partial charge in [0.25, 0.3) is 5.91 Å². The van der Waals surface area contributed by atoms with Gasteiger partial charge >= 0.3 is 0 Å². The van der Waals surface area contributed by atoms with Crippen LogP contribution in [-0.4, -0.2) is 33.9 Å². The first-order valence-electron chi connectivity index (χ1n) is 5.96. The second-order valence-corrected chi connectivity index (χ2v) is 4.68. The maximum atomic E-state index is 12.0. The van der Waals surface area contributed by atoms with E-state index in [0.29, 0.717) is 5.56 Å². The molecule has 5 heteroatoms. The number of fused-ring (bicyclic) bond motifs is 1. The topological polar surface area (TPSA) is 78.0 Å². The lowest BCUT2D eigenvalue weighted by atomic mass is 10.0. The van der Waals surface area contributed by atoms with E-state index in [-0.39, 0.29) is 24.5 Å². The van der Waals surface area contributed by atoms with E-state index in [1.54, 1.807) is 18.3 Å². The Morgan fingerprint density at radius 3 is 2.94 bits per heavy atom. The number of H-pyrrole nitrogens is 1. The fourth-order valence-electron chi connectivity index (χ4n) is 1.76. The highest BCUT2D eigenvalue weighted by Crippen LogP contribution is 2.13. The van der Waals surface area contributed by atoms with Crippen molar-refractivity contribution in [1.29, 1.82) is 0 Å². The molecule has 5 nitrogen and oxygen atoms in total. The van der Waals surface area contributed by atoms with E-state index >= 15 is 0 Å². The number of nitrogens with zero attached hydrogens (tertiary/aromatic N) is 1. The molecule has 0 fully saturated rings. The van der Waals surface area contributed by atoms with E-state index in [9.17, 15) is 9.90 Å². The van der Waals surface area contributed by atoms with Crippen molar-refractivity contribution in [3.05, 3.63) is 30.0 Å². The molecule has 0 bridgehead atoms. The highest BCUT2D eigenvalue weighted by Gasteiger charge is 2.16. The molecule has 0 saturated carbocycles. The predicted molar refractivity (Wildman–Crippen MR) is 69.3 cm³/mol. The number of carbonyl (C=O) groups is 1. The third-order valence-electron chi connectivity index (χ3n) is 3.02.